The van der Waals surface area contributed by atoms with Gasteiger partial charge < -0.3 is 10.5 Å². The quantitative estimate of drug-likeness (QED) is 0.817. The Kier molecular flexibility index (Phi) is 3.26. The highest BCUT2D eigenvalue weighted by Gasteiger charge is 2.21. The van der Waals surface area contributed by atoms with E-state index in [2.05, 4.69) is 11.2 Å². The zero-order valence-electron chi connectivity index (χ0n) is 9.28. The Balaban J connectivity index is 2.17. The molecule has 0 radical (unpaired) electrons. The van der Waals surface area contributed by atoms with Crippen LogP contribution in [0, 0.1) is 0 Å². The van der Waals surface area contributed by atoms with Crippen LogP contribution in [0.3, 0.4) is 0 Å². The second-order valence-electron chi connectivity index (χ2n) is 4.10. The van der Waals surface area contributed by atoms with Gasteiger partial charge in [0.1, 0.15) is 0 Å². The molecule has 1 heterocycles. The van der Waals surface area contributed by atoms with Crippen molar-refractivity contribution in [2.24, 2.45) is 5.73 Å². The van der Waals surface area contributed by atoms with Crippen LogP contribution in [0.25, 0.3) is 0 Å². The average molecular weight is 209 g/mol. The molecule has 0 atom stereocenters. The van der Waals surface area contributed by atoms with Crippen LogP contribution < -0.4 is 10.5 Å². The summed E-state index contributed by atoms with van der Waals surface area (Å²) < 4.78 is 7.15. The summed E-state index contributed by atoms with van der Waals surface area (Å²) in [7, 11) is 1.68. The number of hydrogen-bond acceptors (Lipinski definition) is 3. The van der Waals surface area contributed by atoms with Crippen molar-refractivity contribution >= 4 is 0 Å². The van der Waals surface area contributed by atoms with Gasteiger partial charge >= 0.3 is 0 Å². The molecule has 15 heavy (non-hydrogen) atoms. The third-order valence-electron chi connectivity index (χ3n) is 3.09. The molecule has 1 fully saturated rings. The molecule has 84 valence electrons. The van der Waals surface area contributed by atoms with Crippen molar-refractivity contribution in [3.63, 3.8) is 0 Å². The van der Waals surface area contributed by atoms with Crippen molar-refractivity contribution in [3.8, 4) is 5.88 Å². The lowest BCUT2D eigenvalue weighted by molar-refractivity contribution is 0.361. The Hall–Kier alpha value is -1.03. The Bertz CT molecular complexity index is 316. The molecule has 1 aromatic rings. The van der Waals surface area contributed by atoms with Crippen molar-refractivity contribution < 1.29 is 4.74 Å². The number of ether oxygens (including phenoxy) is 1. The van der Waals surface area contributed by atoms with Gasteiger partial charge in [0.15, 0.2) is 0 Å². The largest absolute Gasteiger partial charge is 0.481 e. The van der Waals surface area contributed by atoms with Gasteiger partial charge in [-0.05, 0) is 12.8 Å². The van der Waals surface area contributed by atoms with Crippen LogP contribution in [0.4, 0.5) is 0 Å². The summed E-state index contributed by atoms with van der Waals surface area (Å²) >= 11 is 0. The Morgan fingerprint density at radius 1 is 1.53 bits per heavy atom. The molecule has 1 saturated carbocycles. The number of nitrogens with zero attached hydrogens (tertiary/aromatic N) is 2. The normalized spacial score (nSPS) is 17.2. The fourth-order valence-corrected chi connectivity index (χ4v) is 2.29. The number of aromatic nitrogens is 2. The van der Waals surface area contributed by atoms with E-state index in [1.165, 1.54) is 31.4 Å². The van der Waals surface area contributed by atoms with Crippen molar-refractivity contribution in [3.05, 3.63) is 11.8 Å². The topological polar surface area (TPSA) is 53.1 Å². The van der Waals surface area contributed by atoms with E-state index in [9.17, 15) is 0 Å². The molecule has 0 amide bonds. The first kappa shape index (κ1) is 10.5. The lowest BCUT2D eigenvalue weighted by Crippen LogP contribution is -2.12. The van der Waals surface area contributed by atoms with E-state index in [1.54, 1.807) is 7.11 Å². The van der Waals surface area contributed by atoms with E-state index in [0.29, 0.717) is 12.5 Å². The number of hydrogen-bond donors (Lipinski definition) is 1. The lowest BCUT2D eigenvalue weighted by atomic mass is 10.1. The van der Waals surface area contributed by atoms with E-state index in [1.807, 2.05) is 4.68 Å². The van der Waals surface area contributed by atoms with Crippen LogP contribution in [0.2, 0.25) is 0 Å². The first-order valence-corrected chi connectivity index (χ1v) is 5.67. The van der Waals surface area contributed by atoms with Crippen molar-refractivity contribution in [2.45, 2.75) is 38.1 Å². The first-order valence-electron chi connectivity index (χ1n) is 5.67. The fourth-order valence-electron chi connectivity index (χ4n) is 2.29. The number of methoxy groups -OCH3 is 1. The van der Waals surface area contributed by atoms with Gasteiger partial charge in [-0.25, -0.2) is 4.68 Å². The highest BCUT2D eigenvalue weighted by Crippen LogP contribution is 2.34. The Morgan fingerprint density at radius 2 is 2.27 bits per heavy atom. The van der Waals surface area contributed by atoms with Crippen LogP contribution in [-0.2, 0) is 6.54 Å². The van der Waals surface area contributed by atoms with E-state index < -0.39 is 0 Å². The average Bonchev–Trinajstić information content (AvgIpc) is 2.84. The Labute approximate surface area is 90.4 Å². The summed E-state index contributed by atoms with van der Waals surface area (Å²) in [4.78, 5) is 0. The van der Waals surface area contributed by atoms with Gasteiger partial charge in [0.05, 0.1) is 19.3 Å². The van der Waals surface area contributed by atoms with Crippen LogP contribution in [-0.4, -0.2) is 23.4 Å². The van der Waals surface area contributed by atoms with E-state index in [4.69, 9.17) is 10.5 Å². The van der Waals surface area contributed by atoms with Gasteiger partial charge in [-0.2, -0.15) is 5.10 Å². The van der Waals surface area contributed by atoms with Crippen molar-refractivity contribution in [1.82, 2.24) is 9.78 Å². The highest BCUT2D eigenvalue weighted by atomic mass is 16.5. The Morgan fingerprint density at radius 3 is 2.87 bits per heavy atom. The lowest BCUT2D eigenvalue weighted by Gasteiger charge is -2.04. The summed E-state index contributed by atoms with van der Waals surface area (Å²) in [5.41, 5.74) is 6.71. The van der Waals surface area contributed by atoms with Crippen molar-refractivity contribution in [2.75, 3.05) is 13.7 Å². The number of nitrogens with two attached hydrogens (primary N) is 1. The standard InChI is InChI=1S/C11H19N3O/c1-15-11-8-10(9-4-2-3-5-9)13-14(11)7-6-12/h8-9H,2-7,12H2,1H3. The molecule has 2 N–H and O–H groups in total. The van der Waals surface area contributed by atoms with Gasteiger partial charge in [-0.3, -0.25) is 0 Å². The molecule has 0 bridgehead atoms. The second-order valence-corrected chi connectivity index (χ2v) is 4.10. The maximum absolute atomic E-state index is 5.53. The third kappa shape index (κ3) is 2.15. The summed E-state index contributed by atoms with van der Waals surface area (Å²) in [6.07, 6.45) is 5.19. The minimum absolute atomic E-state index is 0.599. The van der Waals surface area contributed by atoms with Crippen LogP contribution in [0.1, 0.15) is 37.3 Å². The monoisotopic (exact) mass is 209 g/mol. The predicted octanol–water partition coefficient (Wildman–Crippen LogP) is 1.51. The summed E-state index contributed by atoms with van der Waals surface area (Å²) in [6, 6.07) is 2.06. The van der Waals surface area contributed by atoms with Gasteiger partial charge in [0, 0.05) is 18.5 Å². The molecule has 2 rings (SSSR count). The van der Waals surface area contributed by atoms with Gasteiger partial charge in [-0.15, -0.1) is 0 Å². The fraction of sp³-hybridized carbons (Fsp3) is 0.727. The van der Waals surface area contributed by atoms with Crippen molar-refractivity contribution in [1.29, 1.82) is 0 Å². The minimum atomic E-state index is 0.599. The molecular weight excluding hydrogens is 190 g/mol. The molecule has 1 aliphatic carbocycles. The van der Waals surface area contributed by atoms with Crippen LogP contribution in [0.15, 0.2) is 6.07 Å². The van der Waals surface area contributed by atoms with E-state index in [-0.39, 0.29) is 0 Å². The smallest absolute Gasteiger partial charge is 0.211 e. The maximum Gasteiger partial charge on any atom is 0.211 e. The summed E-state index contributed by atoms with van der Waals surface area (Å²) in [5.74, 6) is 1.47. The van der Waals surface area contributed by atoms with E-state index >= 15 is 0 Å². The molecule has 0 aromatic carbocycles. The highest BCUT2D eigenvalue weighted by molar-refractivity contribution is 5.20. The molecular formula is C11H19N3O. The first-order chi connectivity index (χ1) is 7.35. The van der Waals surface area contributed by atoms with Crippen LogP contribution >= 0.6 is 0 Å². The molecule has 0 unspecified atom stereocenters. The molecule has 4 nitrogen and oxygen atoms in total. The molecule has 0 saturated heterocycles. The summed E-state index contributed by atoms with van der Waals surface area (Å²) in [5, 5.41) is 4.56. The molecule has 4 heteroatoms. The zero-order valence-corrected chi connectivity index (χ0v) is 9.28. The predicted molar refractivity (Wildman–Crippen MR) is 59.0 cm³/mol. The van der Waals surface area contributed by atoms with E-state index in [0.717, 1.165) is 12.4 Å². The van der Waals surface area contributed by atoms with Gasteiger partial charge in [0.2, 0.25) is 5.88 Å². The molecule has 1 aromatic heterocycles. The molecule has 1 aliphatic rings. The maximum atomic E-state index is 5.53. The van der Waals surface area contributed by atoms with Crippen LogP contribution in [0.5, 0.6) is 5.88 Å². The molecule has 0 spiro atoms. The SMILES string of the molecule is COc1cc(C2CCCC2)nn1CCN. The van der Waals surface area contributed by atoms with Gasteiger partial charge in [0.25, 0.3) is 0 Å². The second kappa shape index (κ2) is 4.66. The van der Waals surface area contributed by atoms with Gasteiger partial charge in [-0.1, -0.05) is 12.8 Å². The minimum Gasteiger partial charge on any atom is -0.481 e. The molecule has 0 aliphatic heterocycles. The summed E-state index contributed by atoms with van der Waals surface area (Å²) in [6.45, 7) is 1.33. The zero-order chi connectivity index (χ0) is 10.7. The third-order valence-corrected chi connectivity index (χ3v) is 3.09. The number of rotatable bonds is 4.